The smallest absolute Gasteiger partial charge is 0.253 e. The third kappa shape index (κ3) is 4.59. The topological polar surface area (TPSA) is 121 Å². The Morgan fingerprint density at radius 1 is 1.30 bits per heavy atom. The number of nitrogens with one attached hydrogen (secondary N) is 1. The monoisotopic (exact) mass is 369 g/mol. The first kappa shape index (κ1) is 18.8. The minimum Gasteiger partial charge on any atom is -0.395 e. The van der Waals surface area contributed by atoms with Gasteiger partial charge in [0.2, 0.25) is 5.91 Å². The Bertz CT molecular complexity index is 826. The normalized spacial score (nSPS) is 16.8. The van der Waals surface area contributed by atoms with E-state index >= 15 is 0 Å². The lowest BCUT2D eigenvalue weighted by Gasteiger charge is -2.31. The van der Waals surface area contributed by atoms with Crippen LogP contribution in [0.4, 0.5) is 5.82 Å². The second-order valence-electron chi connectivity index (χ2n) is 6.51. The van der Waals surface area contributed by atoms with Crippen molar-refractivity contribution in [3.8, 4) is 11.3 Å². The van der Waals surface area contributed by atoms with Crippen molar-refractivity contribution >= 4 is 17.6 Å². The molecule has 27 heavy (non-hydrogen) atoms. The summed E-state index contributed by atoms with van der Waals surface area (Å²) in [4.78, 5) is 34.4. The average molecular weight is 369 g/mol. The quantitative estimate of drug-likeness (QED) is 0.695. The zero-order valence-corrected chi connectivity index (χ0v) is 15.0. The van der Waals surface area contributed by atoms with Gasteiger partial charge in [-0.15, -0.1) is 0 Å². The van der Waals surface area contributed by atoms with E-state index in [9.17, 15) is 9.59 Å². The van der Waals surface area contributed by atoms with Gasteiger partial charge in [-0.2, -0.15) is 0 Å². The van der Waals surface area contributed by atoms with Crippen LogP contribution in [0.15, 0.2) is 36.7 Å². The number of rotatable bonds is 6. The summed E-state index contributed by atoms with van der Waals surface area (Å²) in [7, 11) is 0. The molecule has 1 aromatic heterocycles. The zero-order valence-electron chi connectivity index (χ0n) is 15.0. The van der Waals surface area contributed by atoms with Crippen molar-refractivity contribution in [2.75, 3.05) is 31.6 Å². The zero-order chi connectivity index (χ0) is 19.2. The van der Waals surface area contributed by atoms with Gasteiger partial charge in [0.25, 0.3) is 5.91 Å². The fourth-order valence-electron chi connectivity index (χ4n) is 3.18. The molecular weight excluding hydrogens is 346 g/mol. The summed E-state index contributed by atoms with van der Waals surface area (Å²) in [6.07, 6.45) is 2.93. The van der Waals surface area contributed by atoms with E-state index in [0.717, 1.165) is 18.4 Å². The maximum Gasteiger partial charge on any atom is 0.253 e. The molecule has 0 unspecified atom stereocenters. The largest absolute Gasteiger partial charge is 0.395 e. The first-order valence-electron chi connectivity index (χ1n) is 8.94. The Morgan fingerprint density at radius 3 is 2.93 bits per heavy atom. The predicted molar refractivity (Wildman–Crippen MR) is 101 cm³/mol. The SMILES string of the molecule is NC(=O)[C@@H]1CCCN(C(=O)c2cccc(-c3cc(NCCO)ncn3)c2)C1. The molecule has 1 atom stereocenters. The Morgan fingerprint density at radius 2 is 2.15 bits per heavy atom. The summed E-state index contributed by atoms with van der Waals surface area (Å²) in [5.74, 6) is -0.153. The van der Waals surface area contributed by atoms with E-state index < -0.39 is 0 Å². The van der Waals surface area contributed by atoms with Crippen molar-refractivity contribution in [1.82, 2.24) is 14.9 Å². The molecule has 0 radical (unpaired) electrons. The number of likely N-dealkylation sites (tertiary alicyclic amines) is 1. The van der Waals surface area contributed by atoms with Gasteiger partial charge in [0, 0.05) is 36.8 Å². The molecule has 4 N–H and O–H groups in total. The summed E-state index contributed by atoms with van der Waals surface area (Å²) in [5.41, 5.74) is 7.41. The highest BCUT2D eigenvalue weighted by atomic mass is 16.3. The third-order valence-corrected chi connectivity index (χ3v) is 4.60. The van der Waals surface area contributed by atoms with E-state index in [4.69, 9.17) is 10.8 Å². The van der Waals surface area contributed by atoms with Crippen LogP contribution in [0.2, 0.25) is 0 Å². The summed E-state index contributed by atoms with van der Waals surface area (Å²) >= 11 is 0. The van der Waals surface area contributed by atoms with Crippen LogP contribution in [0.25, 0.3) is 11.3 Å². The Balaban J connectivity index is 1.79. The van der Waals surface area contributed by atoms with Crippen molar-refractivity contribution in [2.45, 2.75) is 12.8 Å². The Kier molecular flexibility index (Phi) is 5.97. The summed E-state index contributed by atoms with van der Waals surface area (Å²) in [6, 6.07) is 8.99. The number of carbonyl (C=O) groups excluding carboxylic acids is 2. The van der Waals surface area contributed by atoms with Gasteiger partial charge in [-0.05, 0) is 25.0 Å². The summed E-state index contributed by atoms with van der Waals surface area (Å²) in [5, 5.41) is 11.9. The number of aliphatic hydroxyl groups excluding tert-OH is 1. The number of hydrogen-bond donors (Lipinski definition) is 3. The first-order valence-corrected chi connectivity index (χ1v) is 8.94. The lowest BCUT2D eigenvalue weighted by molar-refractivity contribution is -0.123. The highest BCUT2D eigenvalue weighted by Gasteiger charge is 2.27. The predicted octanol–water partition coefficient (Wildman–Crippen LogP) is 0.885. The molecule has 1 aliphatic rings. The summed E-state index contributed by atoms with van der Waals surface area (Å²) < 4.78 is 0. The molecule has 8 heteroatoms. The highest BCUT2D eigenvalue weighted by molar-refractivity contribution is 5.95. The molecule has 1 saturated heterocycles. The van der Waals surface area contributed by atoms with Gasteiger partial charge in [-0.3, -0.25) is 9.59 Å². The van der Waals surface area contributed by atoms with Crippen LogP contribution in [-0.2, 0) is 4.79 Å². The molecular formula is C19H23N5O3. The number of aromatic nitrogens is 2. The number of hydrogen-bond acceptors (Lipinski definition) is 6. The number of anilines is 1. The molecule has 0 spiro atoms. The molecule has 1 fully saturated rings. The number of amides is 2. The fourth-order valence-corrected chi connectivity index (χ4v) is 3.18. The Labute approximate surface area is 157 Å². The van der Waals surface area contributed by atoms with Crippen LogP contribution in [-0.4, -0.2) is 58.0 Å². The van der Waals surface area contributed by atoms with Crippen molar-refractivity contribution < 1.29 is 14.7 Å². The molecule has 0 bridgehead atoms. The molecule has 1 aromatic carbocycles. The van der Waals surface area contributed by atoms with Crippen LogP contribution < -0.4 is 11.1 Å². The van der Waals surface area contributed by atoms with E-state index in [1.165, 1.54) is 6.33 Å². The number of carbonyl (C=O) groups is 2. The van der Waals surface area contributed by atoms with E-state index in [0.29, 0.717) is 36.7 Å². The van der Waals surface area contributed by atoms with Gasteiger partial charge in [-0.1, -0.05) is 12.1 Å². The second kappa shape index (κ2) is 8.59. The molecule has 2 amide bonds. The molecule has 142 valence electrons. The minimum atomic E-state index is -0.356. The Hall–Kier alpha value is -3.00. The molecule has 2 aromatic rings. The van der Waals surface area contributed by atoms with Crippen LogP contribution in [0.1, 0.15) is 23.2 Å². The number of aliphatic hydroxyl groups is 1. The van der Waals surface area contributed by atoms with Crippen LogP contribution in [0.5, 0.6) is 0 Å². The lowest BCUT2D eigenvalue weighted by Crippen LogP contribution is -2.44. The van der Waals surface area contributed by atoms with E-state index in [1.807, 2.05) is 6.07 Å². The number of nitrogens with two attached hydrogens (primary N) is 1. The highest BCUT2D eigenvalue weighted by Crippen LogP contribution is 2.23. The van der Waals surface area contributed by atoms with E-state index in [-0.39, 0.29) is 24.3 Å². The van der Waals surface area contributed by atoms with Gasteiger partial charge in [0.15, 0.2) is 0 Å². The van der Waals surface area contributed by atoms with E-state index in [1.54, 1.807) is 29.2 Å². The van der Waals surface area contributed by atoms with Gasteiger partial charge < -0.3 is 21.1 Å². The third-order valence-electron chi connectivity index (χ3n) is 4.60. The summed E-state index contributed by atoms with van der Waals surface area (Å²) in [6.45, 7) is 1.38. The first-order chi connectivity index (χ1) is 13.1. The number of primary amides is 1. The molecule has 1 aliphatic heterocycles. The lowest BCUT2D eigenvalue weighted by atomic mass is 9.96. The second-order valence-corrected chi connectivity index (χ2v) is 6.51. The van der Waals surface area contributed by atoms with Crippen molar-refractivity contribution in [3.63, 3.8) is 0 Å². The molecule has 3 rings (SSSR count). The average Bonchev–Trinajstić information content (AvgIpc) is 2.72. The van der Waals surface area contributed by atoms with Gasteiger partial charge >= 0.3 is 0 Å². The van der Waals surface area contributed by atoms with Crippen molar-refractivity contribution in [1.29, 1.82) is 0 Å². The van der Waals surface area contributed by atoms with Gasteiger partial charge in [-0.25, -0.2) is 9.97 Å². The number of nitrogens with zero attached hydrogens (tertiary/aromatic N) is 3. The number of benzene rings is 1. The molecule has 0 saturated carbocycles. The maximum atomic E-state index is 12.9. The van der Waals surface area contributed by atoms with Crippen LogP contribution >= 0.6 is 0 Å². The maximum absolute atomic E-state index is 12.9. The van der Waals surface area contributed by atoms with Crippen molar-refractivity contribution in [3.05, 3.63) is 42.2 Å². The molecule has 2 heterocycles. The van der Waals surface area contributed by atoms with E-state index in [2.05, 4.69) is 15.3 Å². The fraction of sp³-hybridized carbons (Fsp3) is 0.368. The standard InChI is InChI=1S/C19H23N5O3/c20-18(26)15-5-2-7-24(11-15)19(27)14-4-1-3-13(9-14)16-10-17(21-6-8-25)23-12-22-16/h1,3-4,9-10,12,15,25H,2,5-8,11H2,(H2,20,26)(H,21,22,23)/t15-/m1/s1. The molecule has 0 aliphatic carbocycles. The van der Waals surface area contributed by atoms with Gasteiger partial charge in [0.1, 0.15) is 12.1 Å². The van der Waals surface area contributed by atoms with Crippen LogP contribution in [0, 0.1) is 5.92 Å². The molecule has 8 nitrogen and oxygen atoms in total. The van der Waals surface area contributed by atoms with Crippen LogP contribution in [0.3, 0.4) is 0 Å². The minimum absolute atomic E-state index is 0.00541. The van der Waals surface area contributed by atoms with Crippen molar-refractivity contribution in [2.24, 2.45) is 11.7 Å². The number of piperidine rings is 1. The van der Waals surface area contributed by atoms with Gasteiger partial charge in [0.05, 0.1) is 18.2 Å².